The zero-order chi connectivity index (χ0) is 12.2. The average molecular weight is 267 g/mol. The second kappa shape index (κ2) is 5.68. The maximum Gasteiger partial charge on any atom is 0.279 e. The number of rotatable bonds is 8. The molecule has 0 saturated heterocycles. The molecule has 1 fully saturated rings. The van der Waals surface area contributed by atoms with E-state index in [0.29, 0.717) is 26.1 Å². The second-order valence-electron chi connectivity index (χ2n) is 4.18. The molecular formula is C9H21N3O2S2. The van der Waals surface area contributed by atoms with Crippen LogP contribution in [0.3, 0.4) is 0 Å². The van der Waals surface area contributed by atoms with E-state index in [1.165, 1.54) is 4.31 Å². The Bertz CT molecular complexity index is 315. The summed E-state index contributed by atoms with van der Waals surface area (Å²) in [5.74, 6) is 0. The molecule has 0 heterocycles. The highest BCUT2D eigenvalue weighted by Crippen LogP contribution is 2.46. The van der Waals surface area contributed by atoms with Crippen LogP contribution in [0.4, 0.5) is 0 Å². The van der Waals surface area contributed by atoms with Crippen molar-refractivity contribution in [2.45, 2.75) is 24.0 Å². The van der Waals surface area contributed by atoms with Crippen LogP contribution in [-0.2, 0) is 10.2 Å². The van der Waals surface area contributed by atoms with Gasteiger partial charge in [-0.3, -0.25) is 0 Å². The third kappa shape index (κ3) is 3.89. The Morgan fingerprint density at radius 1 is 1.50 bits per heavy atom. The van der Waals surface area contributed by atoms with Gasteiger partial charge in [-0.15, -0.1) is 0 Å². The molecule has 1 rings (SSSR count). The zero-order valence-corrected chi connectivity index (χ0v) is 11.5. The first-order valence-electron chi connectivity index (χ1n) is 5.42. The van der Waals surface area contributed by atoms with Crippen molar-refractivity contribution >= 4 is 22.0 Å². The molecule has 5 nitrogen and oxygen atoms in total. The van der Waals surface area contributed by atoms with Gasteiger partial charge in [0.2, 0.25) is 0 Å². The minimum absolute atomic E-state index is 0.155. The van der Waals surface area contributed by atoms with E-state index in [1.807, 2.05) is 6.26 Å². The highest BCUT2D eigenvalue weighted by molar-refractivity contribution is 8.00. The fraction of sp³-hybridized carbons (Fsp3) is 1.00. The van der Waals surface area contributed by atoms with E-state index in [1.54, 1.807) is 18.8 Å². The first-order valence-corrected chi connectivity index (χ1v) is 8.08. The lowest BCUT2D eigenvalue weighted by Crippen LogP contribution is -2.42. The predicted molar refractivity (Wildman–Crippen MR) is 68.7 cm³/mol. The third-order valence-corrected chi connectivity index (χ3v) is 5.84. The summed E-state index contributed by atoms with van der Waals surface area (Å²) in [7, 11) is -1.74. The minimum Gasteiger partial charge on any atom is -0.330 e. The number of nitrogens with two attached hydrogens (primary N) is 1. The van der Waals surface area contributed by atoms with Crippen LogP contribution in [0.15, 0.2) is 0 Å². The largest absolute Gasteiger partial charge is 0.330 e. The lowest BCUT2D eigenvalue weighted by Gasteiger charge is -2.19. The molecule has 96 valence electrons. The summed E-state index contributed by atoms with van der Waals surface area (Å²) in [5, 5.41) is 0. The molecular weight excluding hydrogens is 246 g/mol. The standard InChI is InChI=1S/C9H21N3O2S2/c1-12(7-3-6-10)16(13,14)11-8-9(15-2)4-5-9/h11H,3-8,10H2,1-2H3. The summed E-state index contributed by atoms with van der Waals surface area (Å²) in [6.07, 6.45) is 4.91. The quantitative estimate of drug-likeness (QED) is 0.649. The van der Waals surface area contributed by atoms with E-state index in [4.69, 9.17) is 5.73 Å². The van der Waals surface area contributed by atoms with Gasteiger partial charge in [0, 0.05) is 24.9 Å². The molecule has 16 heavy (non-hydrogen) atoms. The molecule has 0 aromatic carbocycles. The number of thioether (sulfide) groups is 1. The topological polar surface area (TPSA) is 75.4 Å². The summed E-state index contributed by atoms with van der Waals surface area (Å²) in [6.45, 7) is 1.51. The number of nitrogens with one attached hydrogen (secondary N) is 1. The molecule has 0 atom stereocenters. The van der Waals surface area contributed by atoms with Gasteiger partial charge in [0.15, 0.2) is 0 Å². The lowest BCUT2D eigenvalue weighted by molar-refractivity contribution is 0.452. The first-order chi connectivity index (χ1) is 7.46. The first kappa shape index (κ1) is 14.2. The van der Waals surface area contributed by atoms with Gasteiger partial charge in [-0.05, 0) is 32.1 Å². The molecule has 1 aliphatic rings. The zero-order valence-electron chi connectivity index (χ0n) is 9.90. The second-order valence-corrected chi connectivity index (χ2v) is 7.31. The van der Waals surface area contributed by atoms with Crippen molar-refractivity contribution in [3.63, 3.8) is 0 Å². The third-order valence-electron chi connectivity index (χ3n) is 2.90. The van der Waals surface area contributed by atoms with Gasteiger partial charge in [-0.2, -0.15) is 24.5 Å². The maximum absolute atomic E-state index is 11.8. The molecule has 1 aliphatic carbocycles. The van der Waals surface area contributed by atoms with E-state index in [2.05, 4.69) is 4.72 Å². The highest BCUT2D eigenvalue weighted by atomic mass is 32.2. The molecule has 0 amide bonds. The summed E-state index contributed by atoms with van der Waals surface area (Å²) < 4.78 is 27.7. The van der Waals surface area contributed by atoms with Gasteiger partial charge in [-0.25, -0.2) is 4.72 Å². The Kier molecular flexibility index (Phi) is 5.06. The average Bonchev–Trinajstić information content (AvgIpc) is 3.04. The fourth-order valence-corrected chi connectivity index (χ4v) is 3.23. The van der Waals surface area contributed by atoms with E-state index >= 15 is 0 Å². The molecule has 0 spiro atoms. The Morgan fingerprint density at radius 2 is 2.12 bits per heavy atom. The fourth-order valence-electron chi connectivity index (χ4n) is 1.36. The highest BCUT2D eigenvalue weighted by Gasteiger charge is 2.42. The van der Waals surface area contributed by atoms with Crippen LogP contribution >= 0.6 is 11.8 Å². The van der Waals surface area contributed by atoms with Crippen molar-refractivity contribution in [1.82, 2.24) is 9.03 Å². The lowest BCUT2D eigenvalue weighted by atomic mass is 10.4. The van der Waals surface area contributed by atoms with E-state index in [0.717, 1.165) is 12.8 Å². The van der Waals surface area contributed by atoms with E-state index in [9.17, 15) is 8.42 Å². The Labute approximate surface area is 102 Å². The van der Waals surface area contributed by atoms with Crippen molar-refractivity contribution in [3.8, 4) is 0 Å². The van der Waals surface area contributed by atoms with Gasteiger partial charge < -0.3 is 5.73 Å². The van der Waals surface area contributed by atoms with Crippen LogP contribution in [-0.4, -0.2) is 50.4 Å². The van der Waals surface area contributed by atoms with Crippen LogP contribution in [0.1, 0.15) is 19.3 Å². The summed E-state index contributed by atoms with van der Waals surface area (Å²) in [6, 6.07) is 0. The number of nitrogens with zero attached hydrogens (tertiary/aromatic N) is 1. The van der Waals surface area contributed by atoms with Crippen LogP contribution in [0.25, 0.3) is 0 Å². The Hall–Kier alpha value is 0.180. The van der Waals surface area contributed by atoms with Crippen LogP contribution in [0.2, 0.25) is 0 Å². The Balaban J connectivity index is 2.39. The normalized spacial score (nSPS) is 19.0. The number of hydrogen-bond acceptors (Lipinski definition) is 4. The molecule has 0 aromatic heterocycles. The molecule has 0 bridgehead atoms. The van der Waals surface area contributed by atoms with E-state index < -0.39 is 10.2 Å². The smallest absolute Gasteiger partial charge is 0.279 e. The van der Waals surface area contributed by atoms with Crippen LogP contribution in [0, 0.1) is 0 Å². The molecule has 7 heteroatoms. The van der Waals surface area contributed by atoms with E-state index in [-0.39, 0.29) is 4.75 Å². The number of hydrogen-bond donors (Lipinski definition) is 2. The molecule has 0 radical (unpaired) electrons. The summed E-state index contributed by atoms with van der Waals surface area (Å²) >= 11 is 1.74. The molecule has 3 N–H and O–H groups in total. The van der Waals surface area contributed by atoms with Crippen molar-refractivity contribution in [2.75, 3.05) is 32.9 Å². The van der Waals surface area contributed by atoms with Gasteiger partial charge in [-0.1, -0.05) is 0 Å². The SMILES string of the molecule is CSC1(CNS(=O)(=O)N(C)CCCN)CC1. The monoisotopic (exact) mass is 267 g/mol. The molecule has 0 aliphatic heterocycles. The Morgan fingerprint density at radius 3 is 2.56 bits per heavy atom. The van der Waals surface area contributed by atoms with Gasteiger partial charge in [0.1, 0.15) is 0 Å². The van der Waals surface area contributed by atoms with Crippen molar-refractivity contribution < 1.29 is 8.42 Å². The van der Waals surface area contributed by atoms with Crippen LogP contribution in [0.5, 0.6) is 0 Å². The summed E-state index contributed by atoms with van der Waals surface area (Å²) in [5.41, 5.74) is 5.35. The minimum atomic E-state index is -3.32. The molecule has 0 unspecified atom stereocenters. The summed E-state index contributed by atoms with van der Waals surface area (Å²) in [4.78, 5) is 0. The van der Waals surface area contributed by atoms with Gasteiger partial charge in [0.25, 0.3) is 10.2 Å². The molecule has 1 saturated carbocycles. The predicted octanol–water partition coefficient (Wildman–Crippen LogP) is -0.00300. The molecule has 0 aromatic rings. The van der Waals surface area contributed by atoms with Gasteiger partial charge in [0.05, 0.1) is 0 Å². The van der Waals surface area contributed by atoms with Crippen molar-refractivity contribution in [3.05, 3.63) is 0 Å². The van der Waals surface area contributed by atoms with Crippen molar-refractivity contribution in [1.29, 1.82) is 0 Å². The van der Waals surface area contributed by atoms with Gasteiger partial charge >= 0.3 is 0 Å². The maximum atomic E-state index is 11.8. The van der Waals surface area contributed by atoms with Crippen LogP contribution < -0.4 is 10.5 Å². The van der Waals surface area contributed by atoms with Crippen molar-refractivity contribution in [2.24, 2.45) is 5.73 Å².